The molecular formula is C17H24O4. The van der Waals surface area contributed by atoms with Crippen molar-refractivity contribution < 1.29 is 19.0 Å². The van der Waals surface area contributed by atoms with E-state index in [0.717, 1.165) is 32.3 Å². The van der Waals surface area contributed by atoms with Gasteiger partial charge in [0.1, 0.15) is 0 Å². The van der Waals surface area contributed by atoms with Crippen LogP contribution in [0.15, 0.2) is 30.3 Å². The van der Waals surface area contributed by atoms with Gasteiger partial charge in [-0.15, -0.1) is 0 Å². The monoisotopic (exact) mass is 292 g/mol. The third kappa shape index (κ3) is 5.48. The van der Waals surface area contributed by atoms with Gasteiger partial charge in [-0.1, -0.05) is 31.5 Å². The van der Waals surface area contributed by atoms with Crippen LogP contribution in [-0.4, -0.2) is 32.1 Å². The standard InChI is InChI=1S/C17H24O4/c1-2-3-10-19-16-12-14(13-21-16)9-11-20-17(18)15-7-5-4-6-8-15/h4-8,14,16H,2-3,9-13H2,1H3. The summed E-state index contributed by atoms with van der Waals surface area (Å²) in [6.45, 7) is 4.03. The highest BCUT2D eigenvalue weighted by molar-refractivity contribution is 5.89. The number of ether oxygens (including phenoxy) is 3. The number of hydrogen-bond acceptors (Lipinski definition) is 4. The van der Waals surface area contributed by atoms with Crippen molar-refractivity contribution in [3.63, 3.8) is 0 Å². The van der Waals surface area contributed by atoms with Gasteiger partial charge in [-0.3, -0.25) is 0 Å². The second-order valence-corrected chi connectivity index (χ2v) is 5.38. The number of hydrogen-bond donors (Lipinski definition) is 0. The molecule has 0 N–H and O–H groups in total. The molecule has 0 saturated carbocycles. The molecule has 1 aliphatic heterocycles. The van der Waals surface area contributed by atoms with Crippen LogP contribution in [-0.2, 0) is 14.2 Å². The van der Waals surface area contributed by atoms with Crippen molar-refractivity contribution in [1.29, 1.82) is 0 Å². The van der Waals surface area contributed by atoms with Gasteiger partial charge in [-0.25, -0.2) is 4.79 Å². The minimum atomic E-state index is -0.259. The van der Waals surface area contributed by atoms with Gasteiger partial charge >= 0.3 is 5.97 Å². The van der Waals surface area contributed by atoms with Gasteiger partial charge in [-0.2, -0.15) is 0 Å². The molecule has 1 fully saturated rings. The van der Waals surface area contributed by atoms with Gasteiger partial charge < -0.3 is 14.2 Å². The highest BCUT2D eigenvalue weighted by Crippen LogP contribution is 2.23. The fourth-order valence-corrected chi connectivity index (χ4v) is 2.30. The lowest BCUT2D eigenvalue weighted by atomic mass is 10.1. The minimum absolute atomic E-state index is 0.0774. The molecule has 1 saturated heterocycles. The Balaban J connectivity index is 1.60. The Bertz CT molecular complexity index is 418. The Morgan fingerprint density at radius 2 is 2.10 bits per heavy atom. The Labute approximate surface area is 126 Å². The molecule has 0 radical (unpaired) electrons. The molecule has 4 heteroatoms. The molecule has 21 heavy (non-hydrogen) atoms. The molecule has 1 aromatic rings. The summed E-state index contributed by atoms with van der Waals surface area (Å²) in [5.41, 5.74) is 0.598. The van der Waals surface area contributed by atoms with Gasteiger partial charge in [0.15, 0.2) is 6.29 Å². The molecule has 0 amide bonds. The van der Waals surface area contributed by atoms with Crippen LogP contribution in [0.1, 0.15) is 43.0 Å². The topological polar surface area (TPSA) is 44.8 Å². The van der Waals surface area contributed by atoms with Gasteiger partial charge in [0.25, 0.3) is 0 Å². The van der Waals surface area contributed by atoms with Crippen LogP contribution in [0.3, 0.4) is 0 Å². The average molecular weight is 292 g/mol. The molecular weight excluding hydrogens is 268 g/mol. The highest BCUT2D eigenvalue weighted by atomic mass is 16.7. The molecule has 1 aliphatic rings. The fourth-order valence-electron chi connectivity index (χ4n) is 2.30. The SMILES string of the molecule is CCCCOC1CC(CCOC(=O)c2ccccc2)CO1. The lowest BCUT2D eigenvalue weighted by Gasteiger charge is -2.11. The molecule has 0 aliphatic carbocycles. The van der Waals surface area contributed by atoms with Crippen LogP contribution in [0.2, 0.25) is 0 Å². The summed E-state index contributed by atoms with van der Waals surface area (Å²) < 4.78 is 16.5. The van der Waals surface area contributed by atoms with Gasteiger partial charge in [0, 0.05) is 13.0 Å². The molecule has 0 bridgehead atoms. The Hall–Kier alpha value is -1.39. The lowest BCUT2D eigenvalue weighted by Crippen LogP contribution is -2.12. The first-order chi connectivity index (χ1) is 10.3. The average Bonchev–Trinajstić information content (AvgIpc) is 2.96. The molecule has 4 nitrogen and oxygen atoms in total. The lowest BCUT2D eigenvalue weighted by molar-refractivity contribution is -0.111. The molecule has 2 rings (SSSR count). The smallest absolute Gasteiger partial charge is 0.338 e. The second kappa shape index (κ2) is 8.80. The van der Waals surface area contributed by atoms with E-state index in [1.807, 2.05) is 18.2 Å². The first kappa shape index (κ1) is 16.0. The minimum Gasteiger partial charge on any atom is -0.462 e. The first-order valence-electron chi connectivity index (χ1n) is 7.75. The van der Waals surface area contributed by atoms with Gasteiger partial charge in [0.05, 0.1) is 18.8 Å². The van der Waals surface area contributed by atoms with Crippen molar-refractivity contribution in [3.8, 4) is 0 Å². The number of benzene rings is 1. The summed E-state index contributed by atoms with van der Waals surface area (Å²) in [4.78, 5) is 11.8. The fraction of sp³-hybridized carbons (Fsp3) is 0.588. The van der Waals surface area contributed by atoms with Crippen LogP contribution in [0.5, 0.6) is 0 Å². The number of rotatable bonds is 8. The van der Waals surface area contributed by atoms with Crippen molar-refractivity contribution in [2.24, 2.45) is 5.92 Å². The summed E-state index contributed by atoms with van der Waals surface area (Å²) in [5, 5.41) is 0. The molecule has 0 spiro atoms. The van der Waals surface area contributed by atoms with Crippen LogP contribution >= 0.6 is 0 Å². The number of esters is 1. The van der Waals surface area contributed by atoms with Crippen molar-refractivity contribution in [2.75, 3.05) is 19.8 Å². The predicted octanol–water partition coefficient (Wildman–Crippen LogP) is 3.41. The largest absolute Gasteiger partial charge is 0.462 e. The zero-order valence-corrected chi connectivity index (χ0v) is 12.6. The summed E-state index contributed by atoms with van der Waals surface area (Å²) in [6, 6.07) is 9.07. The summed E-state index contributed by atoms with van der Waals surface area (Å²) in [6.07, 6.45) is 3.84. The van der Waals surface area contributed by atoms with E-state index in [-0.39, 0.29) is 12.3 Å². The summed E-state index contributed by atoms with van der Waals surface area (Å²) in [7, 11) is 0. The number of unbranched alkanes of at least 4 members (excludes halogenated alkanes) is 1. The Morgan fingerprint density at radius 1 is 1.29 bits per heavy atom. The molecule has 2 atom stereocenters. The first-order valence-corrected chi connectivity index (χ1v) is 7.75. The number of carbonyl (C=O) groups excluding carboxylic acids is 1. The molecule has 1 heterocycles. The second-order valence-electron chi connectivity index (χ2n) is 5.38. The van der Waals surface area contributed by atoms with Crippen molar-refractivity contribution >= 4 is 5.97 Å². The Kier molecular flexibility index (Phi) is 6.70. The predicted molar refractivity (Wildman–Crippen MR) is 80.0 cm³/mol. The third-order valence-electron chi connectivity index (χ3n) is 3.61. The third-order valence-corrected chi connectivity index (χ3v) is 3.61. The maximum atomic E-state index is 11.8. The maximum Gasteiger partial charge on any atom is 0.338 e. The van der Waals surface area contributed by atoms with E-state index in [0.29, 0.717) is 24.7 Å². The molecule has 1 aromatic carbocycles. The van der Waals surface area contributed by atoms with Crippen molar-refractivity contribution in [2.45, 2.75) is 38.9 Å². The zero-order valence-electron chi connectivity index (χ0n) is 12.6. The summed E-state index contributed by atoms with van der Waals surface area (Å²) >= 11 is 0. The van der Waals surface area contributed by atoms with E-state index in [2.05, 4.69) is 6.92 Å². The summed E-state index contributed by atoms with van der Waals surface area (Å²) in [5.74, 6) is 0.158. The van der Waals surface area contributed by atoms with E-state index in [1.165, 1.54) is 0 Å². The van der Waals surface area contributed by atoms with E-state index in [4.69, 9.17) is 14.2 Å². The van der Waals surface area contributed by atoms with Crippen LogP contribution < -0.4 is 0 Å². The normalized spacial score (nSPS) is 21.4. The van der Waals surface area contributed by atoms with Gasteiger partial charge in [0.2, 0.25) is 0 Å². The molecule has 2 unspecified atom stereocenters. The van der Waals surface area contributed by atoms with E-state index < -0.39 is 0 Å². The van der Waals surface area contributed by atoms with Crippen LogP contribution in [0, 0.1) is 5.92 Å². The number of carbonyl (C=O) groups is 1. The quantitative estimate of drug-likeness (QED) is 0.544. The van der Waals surface area contributed by atoms with Crippen LogP contribution in [0.4, 0.5) is 0 Å². The zero-order chi connectivity index (χ0) is 14.9. The van der Waals surface area contributed by atoms with E-state index in [1.54, 1.807) is 12.1 Å². The van der Waals surface area contributed by atoms with Gasteiger partial charge in [-0.05, 0) is 30.9 Å². The highest BCUT2D eigenvalue weighted by Gasteiger charge is 2.25. The maximum absolute atomic E-state index is 11.8. The Morgan fingerprint density at radius 3 is 2.86 bits per heavy atom. The molecule has 116 valence electrons. The van der Waals surface area contributed by atoms with Crippen LogP contribution in [0.25, 0.3) is 0 Å². The van der Waals surface area contributed by atoms with Crippen molar-refractivity contribution in [3.05, 3.63) is 35.9 Å². The van der Waals surface area contributed by atoms with E-state index >= 15 is 0 Å². The molecule has 0 aromatic heterocycles. The van der Waals surface area contributed by atoms with E-state index in [9.17, 15) is 4.79 Å². The van der Waals surface area contributed by atoms with Crippen molar-refractivity contribution in [1.82, 2.24) is 0 Å².